The van der Waals surface area contributed by atoms with E-state index in [1.807, 2.05) is 19.1 Å². The van der Waals surface area contributed by atoms with Crippen LogP contribution in [0.1, 0.15) is 34.8 Å². The summed E-state index contributed by atoms with van der Waals surface area (Å²) in [7, 11) is 1.68. The molecule has 1 atom stereocenters. The number of ether oxygens (including phenoxy) is 1. The lowest BCUT2D eigenvalue weighted by atomic mass is 9.98. The van der Waals surface area contributed by atoms with Crippen LogP contribution >= 0.6 is 11.3 Å². The predicted octanol–water partition coefficient (Wildman–Crippen LogP) is 5.12. The van der Waals surface area contributed by atoms with E-state index in [4.69, 9.17) is 9.84 Å². The molecule has 0 amide bonds. The van der Waals surface area contributed by atoms with Crippen LogP contribution in [-0.4, -0.2) is 17.8 Å². The van der Waals surface area contributed by atoms with Gasteiger partial charge in [-0.2, -0.15) is 5.10 Å². The van der Waals surface area contributed by atoms with Crippen LogP contribution in [0, 0.1) is 13.8 Å². The summed E-state index contributed by atoms with van der Waals surface area (Å²) in [5, 5.41) is 10.0. The van der Waals surface area contributed by atoms with Crippen LogP contribution in [0.25, 0.3) is 0 Å². The normalized spacial score (nSPS) is 16.7. The first-order valence-electron chi connectivity index (χ1n) is 8.64. The Morgan fingerprint density at radius 1 is 1.04 bits per heavy atom. The van der Waals surface area contributed by atoms with Gasteiger partial charge in [0.1, 0.15) is 5.75 Å². The monoisotopic (exact) mass is 363 g/mol. The molecule has 2 heterocycles. The third-order valence-corrected chi connectivity index (χ3v) is 5.55. The molecular formula is C21H21N3OS. The Morgan fingerprint density at radius 3 is 2.38 bits per heavy atom. The Kier molecular flexibility index (Phi) is 4.47. The van der Waals surface area contributed by atoms with Gasteiger partial charge < -0.3 is 4.74 Å². The minimum absolute atomic E-state index is 0.165. The minimum Gasteiger partial charge on any atom is -0.497 e. The molecule has 0 N–H and O–H groups in total. The Hall–Kier alpha value is -2.66. The zero-order valence-electron chi connectivity index (χ0n) is 15.1. The maximum absolute atomic E-state index is 5.27. The first kappa shape index (κ1) is 16.8. The van der Waals surface area contributed by atoms with Gasteiger partial charge in [-0.05, 0) is 49.2 Å². The van der Waals surface area contributed by atoms with Crippen molar-refractivity contribution in [3.8, 4) is 5.75 Å². The lowest BCUT2D eigenvalue weighted by Crippen LogP contribution is -2.18. The highest BCUT2D eigenvalue weighted by Gasteiger charge is 2.31. The number of hydrazone groups is 1. The Bertz CT molecular complexity index is 929. The second kappa shape index (κ2) is 6.92. The highest BCUT2D eigenvalue weighted by atomic mass is 32.1. The van der Waals surface area contributed by atoms with Gasteiger partial charge in [0, 0.05) is 11.8 Å². The van der Waals surface area contributed by atoms with Crippen molar-refractivity contribution in [2.75, 3.05) is 12.1 Å². The molecular weight excluding hydrogens is 342 g/mol. The smallest absolute Gasteiger partial charge is 0.206 e. The molecule has 0 aliphatic carbocycles. The van der Waals surface area contributed by atoms with Crippen molar-refractivity contribution in [1.82, 2.24) is 4.98 Å². The van der Waals surface area contributed by atoms with E-state index in [1.54, 1.807) is 18.4 Å². The van der Waals surface area contributed by atoms with Crippen molar-refractivity contribution in [1.29, 1.82) is 0 Å². The lowest BCUT2D eigenvalue weighted by Gasteiger charge is -2.21. The van der Waals surface area contributed by atoms with Crippen molar-refractivity contribution in [3.05, 3.63) is 76.3 Å². The number of hydrogen-bond acceptors (Lipinski definition) is 5. The number of thiazole rings is 1. The topological polar surface area (TPSA) is 37.7 Å². The van der Waals surface area contributed by atoms with Gasteiger partial charge >= 0.3 is 0 Å². The van der Waals surface area contributed by atoms with Crippen LogP contribution in [-0.2, 0) is 0 Å². The summed E-state index contributed by atoms with van der Waals surface area (Å²) < 4.78 is 5.27. The summed E-state index contributed by atoms with van der Waals surface area (Å²) in [5.41, 5.74) is 5.75. The summed E-state index contributed by atoms with van der Waals surface area (Å²) in [6, 6.07) is 17.0. The standard InChI is InChI=1S/C21H21N3OS/c1-14-4-6-17(7-5-14)20-12-19(16-8-10-18(25-3)11-9-16)23-24(20)21-22-15(2)13-26-21/h4-11,13,20H,12H2,1-3H3. The highest BCUT2D eigenvalue weighted by Crippen LogP contribution is 2.38. The third-order valence-electron chi connectivity index (χ3n) is 4.60. The van der Waals surface area contributed by atoms with Gasteiger partial charge in [-0.15, -0.1) is 11.3 Å². The first-order valence-corrected chi connectivity index (χ1v) is 9.52. The molecule has 4 rings (SSSR count). The fourth-order valence-electron chi connectivity index (χ4n) is 3.14. The number of methoxy groups -OCH3 is 1. The molecule has 0 bridgehead atoms. The van der Waals surface area contributed by atoms with Gasteiger partial charge in [0.2, 0.25) is 5.13 Å². The summed E-state index contributed by atoms with van der Waals surface area (Å²) in [6.07, 6.45) is 0.855. The van der Waals surface area contributed by atoms with Crippen molar-refractivity contribution >= 4 is 22.2 Å². The van der Waals surface area contributed by atoms with Crippen LogP contribution < -0.4 is 9.75 Å². The average molecular weight is 363 g/mol. The molecule has 0 saturated heterocycles. The summed E-state index contributed by atoms with van der Waals surface area (Å²) >= 11 is 1.64. The van der Waals surface area contributed by atoms with Crippen LogP contribution in [0.2, 0.25) is 0 Å². The molecule has 1 aliphatic heterocycles. The summed E-state index contributed by atoms with van der Waals surface area (Å²) in [4.78, 5) is 4.66. The number of benzene rings is 2. The first-order chi connectivity index (χ1) is 12.6. The number of rotatable bonds is 4. The van der Waals surface area contributed by atoms with E-state index in [0.717, 1.165) is 34.3 Å². The minimum atomic E-state index is 0.165. The third kappa shape index (κ3) is 3.22. The van der Waals surface area contributed by atoms with Gasteiger partial charge in [-0.3, -0.25) is 0 Å². The molecule has 1 unspecified atom stereocenters. The van der Waals surface area contributed by atoms with Crippen LogP contribution in [0.3, 0.4) is 0 Å². The SMILES string of the molecule is COc1ccc(C2=NN(c3nc(C)cs3)C(c3ccc(C)cc3)C2)cc1. The Labute approximate surface area is 157 Å². The largest absolute Gasteiger partial charge is 0.497 e. The van der Waals surface area contributed by atoms with Crippen LogP contribution in [0.15, 0.2) is 59.0 Å². The second-order valence-electron chi connectivity index (χ2n) is 6.52. The zero-order chi connectivity index (χ0) is 18.1. The Morgan fingerprint density at radius 2 is 1.77 bits per heavy atom. The molecule has 5 heteroatoms. The fourth-order valence-corrected chi connectivity index (χ4v) is 3.94. The maximum Gasteiger partial charge on any atom is 0.206 e. The van der Waals surface area contributed by atoms with E-state index in [-0.39, 0.29) is 6.04 Å². The maximum atomic E-state index is 5.27. The van der Waals surface area contributed by atoms with E-state index in [9.17, 15) is 0 Å². The van der Waals surface area contributed by atoms with Gasteiger partial charge in [0.15, 0.2) is 0 Å². The summed E-state index contributed by atoms with van der Waals surface area (Å²) in [6.45, 7) is 4.13. The zero-order valence-corrected chi connectivity index (χ0v) is 16.0. The van der Waals surface area contributed by atoms with Crippen molar-refractivity contribution < 1.29 is 4.74 Å². The van der Waals surface area contributed by atoms with Crippen molar-refractivity contribution in [2.45, 2.75) is 26.3 Å². The molecule has 1 aliphatic rings. The predicted molar refractivity (Wildman–Crippen MR) is 107 cm³/mol. The molecule has 3 aromatic rings. The van der Waals surface area contributed by atoms with Gasteiger partial charge in [0.05, 0.1) is 24.6 Å². The Balaban J connectivity index is 1.71. The van der Waals surface area contributed by atoms with E-state index in [0.29, 0.717) is 0 Å². The molecule has 132 valence electrons. The summed E-state index contributed by atoms with van der Waals surface area (Å²) in [5.74, 6) is 0.856. The number of nitrogens with zero attached hydrogens (tertiary/aromatic N) is 3. The number of hydrogen-bond donors (Lipinski definition) is 0. The van der Waals surface area contributed by atoms with Crippen LogP contribution in [0.4, 0.5) is 5.13 Å². The molecule has 1 aromatic heterocycles. The second-order valence-corrected chi connectivity index (χ2v) is 7.36. The molecule has 2 aromatic carbocycles. The number of aromatic nitrogens is 1. The molecule has 4 nitrogen and oxygen atoms in total. The van der Waals surface area contributed by atoms with Crippen molar-refractivity contribution in [3.63, 3.8) is 0 Å². The van der Waals surface area contributed by atoms with Gasteiger partial charge in [-0.1, -0.05) is 29.8 Å². The van der Waals surface area contributed by atoms with Crippen molar-refractivity contribution in [2.24, 2.45) is 5.10 Å². The molecule has 0 spiro atoms. The van der Waals surface area contributed by atoms with E-state index < -0.39 is 0 Å². The average Bonchev–Trinajstić information content (AvgIpc) is 3.29. The van der Waals surface area contributed by atoms with Gasteiger partial charge in [0.25, 0.3) is 0 Å². The highest BCUT2D eigenvalue weighted by molar-refractivity contribution is 7.13. The van der Waals surface area contributed by atoms with E-state index >= 15 is 0 Å². The van der Waals surface area contributed by atoms with E-state index in [1.165, 1.54) is 11.1 Å². The molecule has 0 saturated carbocycles. The molecule has 0 fully saturated rings. The quantitative estimate of drug-likeness (QED) is 0.645. The van der Waals surface area contributed by atoms with E-state index in [2.05, 4.69) is 58.7 Å². The molecule has 0 radical (unpaired) electrons. The number of aryl methyl sites for hydroxylation is 2. The van der Waals surface area contributed by atoms with Gasteiger partial charge in [-0.25, -0.2) is 9.99 Å². The lowest BCUT2D eigenvalue weighted by molar-refractivity contribution is 0.415. The number of anilines is 1. The fraction of sp³-hybridized carbons (Fsp3) is 0.238. The van der Waals surface area contributed by atoms with Crippen LogP contribution in [0.5, 0.6) is 5.75 Å². The molecule has 26 heavy (non-hydrogen) atoms.